The summed E-state index contributed by atoms with van der Waals surface area (Å²) in [6.07, 6.45) is 4.05. The van der Waals surface area contributed by atoms with Crippen molar-refractivity contribution in [2.24, 2.45) is 5.92 Å². The van der Waals surface area contributed by atoms with Gasteiger partial charge < -0.3 is 10.2 Å². The number of piperazine rings is 1. The molecule has 90 valence electrons. The smallest absolute Gasteiger partial charge is 0.236 e. The van der Waals surface area contributed by atoms with E-state index in [0.717, 1.165) is 38.1 Å². The van der Waals surface area contributed by atoms with Crippen molar-refractivity contribution in [2.45, 2.75) is 25.3 Å². The number of nitrogens with one attached hydrogen (secondary N) is 1. The first-order chi connectivity index (χ1) is 7.83. The van der Waals surface area contributed by atoms with Crippen LogP contribution in [0.25, 0.3) is 0 Å². The SMILES string of the molecule is O=C(CN1CC2CCC1C2)N1CCNCC1. The number of hydrogen-bond donors (Lipinski definition) is 1. The van der Waals surface area contributed by atoms with Crippen LogP contribution in [0, 0.1) is 5.92 Å². The van der Waals surface area contributed by atoms with Crippen molar-refractivity contribution in [1.82, 2.24) is 15.1 Å². The van der Waals surface area contributed by atoms with Crippen LogP contribution in [-0.2, 0) is 4.79 Å². The van der Waals surface area contributed by atoms with Gasteiger partial charge in [-0.2, -0.15) is 0 Å². The number of rotatable bonds is 2. The molecule has 4 nitrogen and oxygen atoms in total. The summed E-state index contributed by atoms with van der Waals surface area (Å²) in [7, 11) is 0. The third kappa shape index (κ3) is 1.96. The Morgan fingerprint density at radius 3 is 2.69 bits per heavy atom. The van der Waals surface area contributed by atoms with E-state index >= 15 is 0 Å². The molecule has 1 saturated carbocycles. The topological polar surface area (TPSA) is 35.6 Å². The van der Waals surface area contributed by atoms with E-state index < -0.39 is 0 Å². The van der Waals surface area contributed by atoms with Gasteiger partial charge >= 0.3 is 0 Å². The van der Waals surface area contributed by atoms with Crippen LogP contribution in [0.1, 0.15) is 19.3 Å². The summed E-state index contributed by atoms with van der Waals surface area (Å²) < 4.78 is 0. The highest BCUT2D eigenvalue weighted by atomic mass is 16.2. The second kappa shape index (κ2) is 4.34. The molecule has 0 spiro atoms. The van der Waals surface area contributed by atoms with Gasteiger partial charge in [0, 0.05) is 38.8 Å². The van der Waals surface area contributed by atoms with E-state index in [1.807, 2.05) is 4.90 Å². The summed E-state index contributed by atoms with van der Waals surface area (Å²) in [4.78, 5) is 16.5. The number of fused-ring (bicyclic) bond motifs is 2. The Morgan fingerprint density at radius 2 is 2.06 bits per heavy atom. The van der Waals surface area contributed by atoms with E-state index in [-0.39, 0.29) is 0 Å². The highest BCUT2D eigenvalue weighted by Crippen LogP contribution is 2.36. The van der Waals surface area contributed by atoms with Crippen LogP contribution < -0.4 is 5.32 Å². The zero-order valence-electron chi connectivity index (χ0n) is 9.82. The van der Waals surface area contributed by atoms with Crippen LogP contribution in [0.2, 0.25) is 0 Å². The molecule has 3 rings (SSSR count). The van der Waals surface area contributed by atoms with E-state index in [0.29, 0.717) is 12.5 Å². The molecule has 1 aliphatic carbocycles. The lowest BCUT2D eigenvalue weighted by Gasteiger charge is -2.32. The van der Waals surface area contributed by atoms with Crippen LogP contribution in [0.4, 0.5) is 0 Å². The molecule has 16 heavy (non-hydrogen) atoms. The lowest BCUT2D eigenvalue weighted by atomic mass is 10.1. The molecule has 1 amide bonds. The van der Waals surface area contributed by atoms with Gasteiger partial charge in [-0.05, 0) is 25.2 Å². The van der Waals surface area contributed by atoms with Crippen LogP contribution in [0.5, 0.6) is 0 Å². The fraction of sp³-hybridized carbons (Fsp3) is 0.917. The van der Waals surface area contributed by atoms with Gasteiger partial charge in [0.2, 0.25) is 5.91 Å². The predicted octanol–water partition coefficient (Wildman–Crippen LogP) is -0.0975. The molecule has 2 aliphatic heterocycles. The molecular formula is C12H21N3O. The summed E-state index contributed by atoms with van der Waals surface area (Å²) in [5, 5.41) is 3.28. The molecule has 0 radical (unpaired) electrons. The van der Waals surface area contributed by atoms with Crippen LogP contribution >= 0.6 is 0 Å². The molecule has 2 unspecified atom stereocenters. The van der Waals surface area contributed by atoms with Crippen molar-refractivity contribution in [3.63, 3.8) is 0 Å². The molecular weight excluding hydrogens is 202 g/mol. The predicted molar refractivity (Wildman–Crippen MR) is 62.2 cm³/mol. The number of carbonyl (C=O) groups is 1. The number of nitrogens with zero attached hydrogens (tertiary/aromatic N) is 2. The van der Waals surface area contributed by atoms with Gasteiger partial charge in [-0.25, -0.2) is 0 Å². The van der Waals surface area contributed by atoms with Gasteiger partial charge in [0.15, 0.2) is 0 Å². The molecule has 1 N–H and O–H groups in total. The number of amides is 1. The van der Waals surface area contributed by atoms with Crippen molar-refractivity contribution in [2.75, 3.05) is 39.3 Å². The lowest BCUT2D eigenvalue weighted by Crippen LogP contribution is -2.50. The lowest BCUT2D eigenvalue weighted by molar-refractivity contribution is -0.133. The monoisotopic (exact) mass is 223 g/mol. The van der Waals surface area contributed by atoms with Gasteiger partial charge in [-0.3, -0.25) is 9.69 Å². The zero-order chi connectivity index (χ0) is 11.0. The minimum absolute atomic E-state index is 0.342. The Labute approximate surface area is 97.0 Å². The van der Waals surface area contributed by atoms with Crippen LogP contribution in [0.15, 0.2) is 0 Å². The second-order valence-electron chi connectivity index (χ2n) is 5.39. The molecule has 2 saturated heterocycles. The molecule has 0 aromatic heterocycles. The van der Waals surface area contributed by atoms with E-state index in [1.54, 1.807) is 0 Å². The molecule has 2 bridgehead atoms. The highest BCUT2D eigenvalue weighted by molar-refractivity contribution is 5.78. The fourth-order valence-electron chi connectivity index (χ4n) is 3.41. The van der Waals surface area contributed by atoms with Crippen molar-refractivity contribution in [3.05, 3.63) is 0 Å². The average molecular weight is 223 g/mol. The molecule has 0 aromatic carbocycles. The number of piperidine rings is 1. The maximum absolute atomic E-state index is 12.1. The molecule has 3 aliphatic rings. The molecule has 4 heteroatoms. The molecule has 2 heterocycles. The minimum atomic E-state index is 0.342. The van der Waals surface area contributed by atoms with Crippen LogP contribution in [0.3, 0.4) is 0 Å². The number of likely N-dealkylation sites (tertiary alicyclic amines) is 1. The van der Waals surface area contributed by atoms with Crippen LogP contribution in [-0.4, -0.2) is 61.0 Å². The van der Waals surface area contributed by atoms with Crippen molar-refractivity contribution in [1.29, 1.82) is 0 Å². The maximum Gasteiger partial charge on any atom is 0.236 e. The first-order valence-corrected chi connectivity index (χ1v) is 6.55. The standard InChI is InChI=1S/C12H21N3O/c16-12(14-5-3-13-4-6-14)9-15-8-10-1-2-11(15)7-10/h10-11,13H,1-9H2. The minimum Gasteiger partial charge on any atom is -0.339 e. The normalized spacial score (nSPS) is 34.6. The van der Waals surface area contributed by atoms with Crippen molar-refractivity contribution >= 4 is 5.91 Å². The number of carbonyl (C=O) groups excluding carboxylic acids is 1. The highest BCUT2D eigenvalue weighted by Gasteiger charge is 2.38. The molecule has 2 atom stereocenters. The first kappa shape index (κ1) is 10.5. The van der Waals surface area contributed by atoms with Gasteiger partial charge in [-0.15, -0.1) is 0 Å². The Hall–Kier alpha value is -0.610. The van der Waals surface area contributed by atoms with Gasteiger partial charge in [0.1, 0.15) is 0 Å². The van der Waals surface area contributed by atoms with E-state index in [4.69, 9.17) is 0 Å². The van der Waals surface area contributed by atoms with E-state index in [9.17, 15) is 4.79 Å². The summed E-state index contributed by atoms with van der Waals surface area (Å²) in [5.41, 5.74) is 0. The zero-order valence-corrected chi connectivity index (χ0v) is 9.82. The largest absolute Gasteiger partial charge is 0.339 e. The Kier molecular flexibility index (Phi) is 2.86. The second-order valence-corrected chi connectivity index (χ2v) is 5.39. The van der Waals surface area contributed by atoms with Crippen molar-refractivity contribution in [3.8, 4) is 0 Å². The Bertz CT molecular complexity index is 275. The van der Waals surface area contributed by atoms with Gasteiger partial charge in [-0.1, -0.05) is 0 Å². The maximum atomic E-state index is 12.1. The average Bonchev–Trinajstić information content (AvgIpc) is 2.92. The van der Waals surface area contributed by atoms with Gasteiger partial charge in [0.25, 0.3) is 0 Å². The molecule has 0 aromatic rings. The summed E-state index contributed by atoms with van der Waals surface area (Å²) in [6, 6.07) is 0.719. The molecule has 3 fully saturated rings. The Balaban J connectivity index is 1.52. The summed E-state index contributed by atoms with van der Waals surface area (Å²) >= 11 is 0. The first-order valence-electron chi connectivity index (χ1n) is 6.55. The Morgan fingerprint density at radius 1 is 1.25 bits per heavy atom. The quantitative estimate of drug-likeness (QED) is 0.710. The van der Waals surface area contributed by atoms with E-state index in [2.05, 4.69) is 10.2 Å². The number of hydrogen-bond acceptors (Lipinski definition) is 3. The fourth-order valence-corrected chi connectivity index (χ4v) is 3.41. The summed E-state index contributed by atoms with van der Waals surface area (Å²) in [6.45, 7) is 5.53. The van der Waals surface area contributed by atoms with Gasteiger partial charge in [0.05, 0.1) is 6.54 Å². The summed E-state index contributed by atoms with van der Waals surface area (Å²) in [5.74, 6) is 1.23. The third-order valence-corrected chi connectivity index (χ3v) is 4.33. The van der Waals surface area contributed by atoms with E-state index in [1.165, 1.54) is 25.8 Å². The van der Waals surface area contributed by atoms with Crippen molar-refractivity contribution < 1.29 is 4.79 Å². The third-order valence-electron chi connectivity index (χ3n) is 4.33.